The molecule has 0 saturated carbocycles. The summed E-state index contributed by atoms with van der Waals surface area (Å²) in [6, 6.07) is 6.00. The molecule has 0 spiro atoms. The predicted molar refractivity (Wildman–Crippen MR) is 74.7 cm³/mol. The zero-order chi connectivity index (χ0) is 14.0. The number of carboxylic acids is 1. The number of thiophene rings is 1. The Kier molecular flexibility index (Phi) is 4.07. The van der Waals surface area contributed by atoms with Crippen molar-refractivity contribution in [2.45, 2.75) is 33.4 Å². The van der Waals surface area contributed by atoms with Gasteiger partial charge in [0.25, 0.3) is 0 Å². The van der Waals surface area contributed by atoms with Gasteiger partial charge in [0, 0.05) is 15.8 Å². The van der Waals surface area contributed by atoms with E-state index in [9.17, 15) is 4.79 Å². The van der Waals surface area contributed by atoms with E-state index in [1.54, 1.807) is 24.3 Å². The Morgan fingerprint density at radius 1 is 1.47 bits per heavy atom. The molecule has 2 N–H and O–H groups in total. The van der Waals surface area contributed by atoms with E-state index in [1.807, 2.05) is 0 Å². The summed E-state index contributed by atoms with van der Waals surface area (Å²) in [5.74, 6) is 0.147. The summed E-state index contributed by atoms with van der Waals surface area (Å²) in [4.78, 5) is 13.5. The van der Waals surface area contributed by atoms with Gasteiger partial charge in [0.2, 0.25) is 0 Å². The Morgan fingerprint density at radius 2 is 2.21 bits per heavy atom. The second-order valence-corrected chi connectivity index (χ2v) is 5.86. The van der Waals surface area contributed by atoms with Crippen LogP contribution >= 0.6 is 11.3 Å². The summed E-state index contributed by atoms with van der Waals surface area (Å²) in [6.07, 6.45) is 0. The van der Waals surface area contributed by atoms with Crippen molar-refractivity contribution in [2.24, 2.45) is 0 Å². The van der Waals surface area contributed by atoms with Gasteiger partial charge in [-0.15, -0.1) is 11.3 Å². The highest BCUT2D eigenvalue weighted by Crippen LogP contribution is 2.23. The molecule has 2 rings (SSSR count). The Balaban J connectivity index is 1.99. The van der Waals surface area contributed by atoms with E-state index < -0.39 is 5.97 Å². The fraction of sp³-hybridized carbons (Fsp3) is 0.357. The maximum atomic E-state index is 10.9. The van der Waals surface area contributed by atoms with Gasteiger partial charge >= 0.3 is 5.97 Å². The van der Waals surface area contributed by atoms with Crippen molar-refractivity contribution < 1.29 is 14.3 Å². The number of carbonyl (C=O) groups is 1. The topological polar surface area (TPSA) is 62.5 Å². The second kappa shape index (κ2) is 5.59. The number of hydrogen-bond acceptors (Lipinski definition) is 4. The quantitative estimate of drug-likeness (QED) is 0.879. The van der Waals surface area contributed by atoms with Gasteiger partial charge in [-0.1, -0.05) is 0 Å². The summed E-state index contributed by atoms with van der Waals surface area (Å²) in [5.41, 5.74) is 0.233. The zero-order valence-corrected chi connectivity index (χ0v) is 12.0. The van der Waals surface area contributed by atoms with Gasteiger partial charge < -0.3 is 14.8 Å². The number of nitrogens with one attached hydrogen (secondary N) is 1. The zero-order valence-electron chi connectivity index (χ0n) is 11.2. The molecule has 0 radical (unpaired) electrons. The monoisotopic (exact) mass is 279 g/mol. The number of hydrogen-bond donors (Lipinski definition) is 2. The fourth-order valence-corrected chi connectivity index (χ4v) is 2.79. The van der Waals surface area contributed by atoms with E-state index in [0.29, 0.717) is 18.1 Å². The average molecular weight is 279 g/mol. The van der Waals surface area contributed by atoms with E-state index in [1.165, 1.54) is 9.75 Å². The van der Waals surface area contributed by atoms with E-state index in [0.717, 1.165) is 0 Å². The normalized spacial score (nSPS) is 12.6. The van der Waals surface area contributed by atoms with Crippen molar-refractivity contribution in [1.82, 2.24) is 5.32 Å². The molecule has 5 heteroatoms. The summed E-state index contributed by atoms with van der Waals surface area (Å²) >= 11 is 1.76. The number of furan rings is 1. The SMILES string of the molecule is Cc1ccc(C(C)NCc2cc(C(=O)O)c(C)o2)s1. The van der Waals surface area contributed by atoms with Crippen LogP contribution in [0, 0.1) is 13.8 Å². The van der Waals surface area contributed by atoms with Gasteiger partial charge in [0.1, 0.15) is 17.1 Å². The fourth-order valence-electron chi connectivity index (χ4n) is 1.88. The summed E-state index contributed by atoms with van der Waals surface area (Å²) in [6.45, 7) is 6.35. The molecule has 0 aliphatic carbocycles. The van der Waals surface area contributed by atoms with Crippen LogP contribution in [0.2, 0.25) is 0 Å². The molecule has 0 saturated heterocycles. The van der Waals surface area contributed by atoms with E-state index in [4.69, 9.17) is 9.52 Å². The third kappa shape index (κ3) is 3.24. The first-order chi connectivity index (χ1) is 8.97. The predicted octanol–water partition coefficient (Wildman–Crippen LogP) is 3.51. The molecule has 1 atom stereocenters. The van der Waals surface area contributed by atoms with Gasteiger partial charge in [-0.3, -0.25) is 0 Å². The molecule has 4 nitrogen and oxygen atoms in total. The highest BCUT2D eigenvalue weighted by Gasteiger charge is 2.14. The van der Waals surface area contributed by atoms with Crippen LogP contribution in [0.25, 0.3) is 0 Å². The van der Waals surface area contributed by atoms with Crippen LogP contribution in [0.5, 0.6) is 0 Å². The van der Waals surface area contributed by atoms with Gasteiger partial charge in [-0.05, 0) is 39.0 Å². The Bertz CT molecular complexity index is 585. The molecule has 0 fully saturated rings. The molecular formula is C14H17NO3S. The highest BCUT2D eigenvalue weighted by molar-refractivity contribution is 7.12. The number of aryl methyl sites for hydroxylation is 2. The lowest BCUT2D eigenvalue weighted by molar-refractivity contribution is 0.0695. The highest BCUT2D eigenvalue weighted by atomic mass is 32.1. The summed E-state index contributed by atoms with van der Waals surface area (Å²) < 4.78 is 5.43. The maximum Gasteiger partial charge on any atom is 0.339 e. The molecule has 2 aromatic heterocycles. The van der Waals surface area contributed by atoms with Crippen LogP contribution in [0.1, 0.15) is 44.6 Å². The Hall–Kier alpha value is -1.59. The first-order valence-corrected chi connectivity index (χ1v) is 6.91. The lowest BCUT2D eigenvalue weighted by Gasteiger charge is -2.10. The minimum Gasteiger partial charge on any atom is -0.478 e. The van der Waals surface area contributed by atoms with Gasteiger partial charge in [-0.2, -0.15) is 0 Å². The molecule has 0 aliphatic heterocycles. The minimum absolute atomic E-state index is 0.220. The Morgan fingerprint density at radius 3 is 2.74 bits per heavy atom. The van der Waals surface area contributed by atoms with Crippen LogP contribution in [-0.4, -0.2) is 11.1 Å². The van der Waals surface area contributed by atoms with Crippen LogP contribution < -0.4 is 5.32 Å². The van der Waals surface area contributed by atoms with Crippen molar-refractivity contribution in [2.75, 3.05) is 0 Å². The molecule has 1 unspecified atom stereocenters. The number of aromatic carboxylic acids is 1. The van der Waals surface area contributed by atoms with Crippen LogP contribution in [-0.2, 0) is 6.54 Å². The molecule has 2 heterocycles. The first kappa shape index (κ1) is 13.8. The third-order valence-corrected chi connectivity index (χ3v) is 4.15. The Labute approximate surface area is 116 Å². The number of carboxylic acid groups (broad SMARTS) is 1. The van der Waals surface area contributed by atoms with Crippen molar-refractivity contribution in [3.63, 3.8) is 0 Å². The van der Waals surface area contributed by atoms with Gasteiger partial charge in [0.05, 0.1) is 6.54 Å². The lowest BCUT2D eigenvalue weighted by atomic mass is 10.2. The molecule has 0 amide bonds. The molecular weight excluding hydrogens is 262 g/mol. The maximum absolute atomic E-state index is 10.9. The molecule has 0 aliphatic rings. The van der Waals surface area contributed by atoms with Gasteiger partial charge in [-0.25, -0.2) is 4.79 Å². The first-order valence-electron chi connectivity index (χ1n) is 6.09. The van der Waals surface area contributed by atoms with E-state index in [2.05, 4.69) is 31.3 Å². The summed E-state index contributed by atoms with van der Waals surface area (Å²) in [5, 5.41) is 12.3. The standard InChI is InChI=1S/C14H17NO3S/c1-8-4-5-13(19-8)9(2)15-7-11-6-12(14(16)17)10(3)18-11/h4-6,9,15H,7H2,1-3H3,(H,16,17). The average Bonchev–Trinajstić information content (AvgIpc) is 2.92. The van der Waals surface area contributed by atoms with Crippen LogP contribution in [0.3, 0.4) is 0 Å². The lowest BCUT2D eigenvalue weighted by Crippen LogP contribution is -2.16. The molecule has 2 aromatic rings. The third-order valence-electron chi connectivity index (χ3n) is 2.97. The minimum atomic E-state index is -0.950. The largest absolute Gasteiger partial charge is 0.478 e. The molecule has 0 bridgehead atoms. The smallest absolute Gasteiger partial charge is 0.339 e. The van der Waals surface area contributed by atoms with E-state index >= 15 is 0 Å². The molecule has 0 aromatic carbocycles. The van der Waals surface area contributed by atoms with Crippen LogP contribution in [0.4, 0.5) is 0 Å². The summed E-state index contributed by atoms with van der Waals surface area (Å²) in [7, 11) is 0. The van der Waals surface area contributed by atoms with Crippen molar-refractivity contribution >= 4 is 17.3 Å². The van der Waals surface area contributed by atoms with E-state index in [-0.39, 0.29) is 11.6 Å². The number of rotatable bonds is 5. The van der Waals surface area contributed by atoms with Crippen molar-refractivity contribution in [1.29, 1.82) is 0 Å². The molecule has 102 valence electrons. The van der Waals surface area contributed by atoms with Crippen molar-refractivity contribution in [3.8, 4) is 0 Å². The van der Waals surface area contributed by atoms with Gasteiger partial charge in [0.15, 0.2) is 0 Å². The van der Waals surface area contributed by atoms with Crippen molar-refractivity contribution in [3.05, 3.63) is 45.0 Å². The molecule has 19 heavy (non-hydrogen) atoms. The van der Waals surface area contributed by atoms with Crippen LogP contribution in [0.15, 0.2) is 22.6 Å². The second-order valence-electron chi connectivity index (χ2n) is 4.54.